The van der Waals surface area contributed by atoms with Gasteiger partial charge in [-0.1, -0.05) is 23.7 Å². The summed E-state index contributed by atoms with van der Waals surface area (Å²) in [7, 11) is 4.69. The molecule has 0 amide bonds. The molecule has 1 aliphatic rings. The fraction of sp³-hybridized carbons (Fsp3) is 0.290. The summed E-state index contributed by atoms with van der Waals surface area (Å²) in [5.74, 6) is 1.35. The van der Waals surface area contributed by atoms with Crippen molar-refractivity contribution in [3.63, 3.8) is 0 Å². The largest absolute Gasteiger partial charge is 0.497 e. The summed E-state index contributed by atoms with van der Waals surface area (Å²) in [6.45, 7) is 2.20. The first-order valence-corrected chi connectivity index (χ1v) is 13.3. The number of nitrogens with zero attached hydrogens (tertiary/aromatic N) is 1. The van der Waals surface area contributed by atoms with Crippen LogP contribution in [-0.2, 0) is 9.53 Å². The van der Waals surface area contributed by atoms with Crippen molar-refractivity contribution < 1.29 is 28.2 Å². The van der Waals surface area contributed by atoms with Crippen LogP contribution in [0.2, 0.25) is 5.02 Å². The maximum Gasteiger partial charge on any atom is 0.302 e. The predicted octanol–water partition coefficient (Wildman–Crippen LogP) is 6.06. The molecule has 1 aliphatic heterocycles. The van der Waals surface area contributed by atoms with Gasteiger partial charge in [-0.2, -0.15) is 0 Å². The van der Waals surface area contributed by atoms with Gasteiger partial charge < -0.3 is 28.3 Å². The number of methoxy groups -OCH3 is 3. The molecule has 0 saturated carbocycles. The van der Waals surface area contributed by atoms with Gasteiger partial charge in [0, 0.05) is 48.3 Å². The summed E-state index contributed by atoms with van der Waals surface area (Å²) in [5.41, 5.74) is 2.35. The smallest absolute Gasteiger partial charge is 0.302 e. The highest BCUT2D eigenvalue weighted by molar-refractivity contribution is 6.33. The molecule has 1 fully saturated rings. The van der Waals surface area contributed by atoms with Crippen LogP contribution in [0.5, 0.6) is 17.2 Å². The molecular weight excluding hydrogens is 534 g/mol. The summed E-state index contributed by atoms with van der Waals surface area (Å²) in [4.78, 5) is 27.6. The number of fused-ring (bicyclic) bond motifs is 1. The second kappa shape index (κ2) is 11.5. The minimum absolute atomic E-state index is 0.136. The molecule has 5 rings (SSSR count). The third-order valence-electron chi connectivity index (χ3n) is 7.32. The number of benzene rings is 3. The van der Waals surface area contributed by atoms with Crippen LogP contribution in [-0.4, -0.2) is 46.5 Å². The number of hydrogen-bond donors (Lipinski definition) is 0. The summed E-state index contributed by atoms with van der Waals surface area (Å²) in [6.07, 6.45) is 0.690. The van der Waals surface area contributed by atoms with E-state index >= 15 is 0 Å². The molecule has 1 saturated heterocycles. The zero-order chi connectivity index (χ0) is 28.4. The second-order valence-electron chi connectivity index (χ2n) is 9.51. The Bertz CT molecular complexity index is 1600. The van der Waals surface area contributed by atoms with Crippen LogP contribution in [0.15, 0.2) is 69.9 Å². The van der Waals surface area contributed by atoms with E-state index in [1.165, 1.54) is 20.1 Å². The zero-order valence-corrected chi connectivity index (χ0v) is 23.5. The van der Waals surface area contributed by atoms with Crippen molar-refractivity contribution in [2.24, 2.45) is 0 Å². The molecule has 9 heteroatoms. The molecule has 0 bridgehead atoms. The van der Waals surface area contributed by atoms with Crippen molar-refractivity contribution in [3.8, 4) is 28.6 Å². The monoisotopic (exact) mass is 563 g/mol. The third-order valence-corrected chi connectivity index (χ3v) is 7.65. The molecule has 0 unspecified atom stereocenters. The maximum absolute atomic E-state index is 13.6. The van der Waals surface area contributed by atoms with E-state index in [2.05, 4.69) is 4.90 Å². The van der Waals surface area contributed by atoms with E-state index in [1.807, 2.05) is 36.4 Å². The van der Waals surface area contributed by atoms with E-state index in [0.29, 0.717) is 57.3 Å². The van der Waals surface area contributed by atoms with Crippen LogP contribution >= 0.6 is 11.6 Å². The molecule has 2 heterocycles. The van der Waals surface area contributed by atoms with Crippen molar-refractivity contribution >= 4 is 34.2 Å². The van der Waals surface area contributed by atoms with Crippen molar-refractivity contribution in [1.29, 1.82) is 0 Å². The average Bonchev–Trinajstić information content (AvgIpc) is 3.38. The molecule has 4 aromatic rings. The number of carbonyl (C=O) groups is 1. The van der Waals surface area contributed by atoms with Gasteiger partial charge in [-0.05, 0) is 42.8 Å². The second-order valence-corrected chi connectivity index (χ2v) is 9.92. The Balaban J connectivity index is 1.72. The van der Waals surface area contributed by atoms with Gasteiger partial charge >= 0.3 is 5.97 Å². The fourth-order valence-electron chi connectivity index (χ4n) is 5.47. The lowest BCUT2D eigenvalue weighted by atomic mass is 9.89. The average molecular weight is 564 g/mol. The fourth-order valence-corrected chi connectivity index (χ4v) is 5.69. The SMILES string of the molecule is COc1ccc(N2CC[C@H](c3c(OC)cc(OC)c4c(=O)cc(-c5ccccc5Cl)oc34)[C@H]2COC(C)=O)cc1. The van der Waals surface area contributed by atoms with Crippen molar-refractivity contribution in [2.75, 3.05) is 39.4 Å². The van der Waals surface area contributed by atoms with Crippen LogP contribution in [0.3, 0.4) is 0 Å². The lowest BCUT2D eigenvalue weighted by molar-refractivity contribution is -0.141. The minimum atomic E-state index is -0.376. The summed E-state index contributed by atoms with van der Waals surface area (Å²) in [6, 6.07) is 17.8. The Labute approximate surface area is 237 Å². The first kappa shape index (κ1) is 27.4. The molecule has 0 spiro atoms. The Hall–Kier alpha value is -4.17. The lowest BCUT2D eigenvalue weighted by Crippen LogP contribution is -2.37. The van der Waals surface area contributed by atoms with E-state index in [9.17, 15) is 9.59 Å². The van der Waals surface area contributed by atoms with Crippen LogP contribution in [0, 0.1) is 0 Å². The van der Waals surface area contributed by atoms with Crippen LogP contribution in [0.25, 0.3) is 22.3 Å². The number of halogens is 1. The first-order valence-electron chi connectivity index (χ1n) is 12.9. The maximum atomic E-state index is 13.6. The van der Waals surface area contributed by atoms with E-state index < -0.39 is 0 Å². The number of anilines is 1. The number of rotatable bonds is 8. The van der Waals surface area contributed by atoms with Gasteiger partial charge in [0.1, 0.15) is 40.6 Å². The molecular formula is C31H30ClNO7. The van der Waals surface area contributed by atoms with Gasteiger partial charge in [0.15, 0.2) is 5.43 Å². The zero-order valence-electron chi connectivity index (χ0n) is 22.7. The minimum Gasteiger partial charge on any atom is -0.497 e. The molecule has 3 aromatic carbocycles. The predicted molar refractivity (Wildman–Crippen MR) is 154 cm³/mol. The number of ether oxygens (including phenoxy) is 4. The Morgan fingerprint density at radius 3 is 2.38 bits per heavy atom. The summed E-state index contributed by atoms with van der Waals surface area (Å²) >= 11 is 6.47. The molecule has 0 radical (unpaired) electrons. The topological polar surface area (TPSA) is 87.4 Å². The summed E-state index contributed by atoms with van der Waals surface area (Å²) in [5, 5.41) is 0.768. The number of hydrogen-bond acceptors (Lipinski definition) is 8. The normalized spacial score (nSPS) is 16.7. The molecule has 40 heavy (non-hydrogen) atoms. The highest BCUT2D eigenvalue weighted by Crippen LogP contribution is 2.46. The quantitative estimate of drug-likeness (QED) is 0.239. The van der Waals surface area contributed by atoms with Crippen LogP contribution in [0.4, 0.5) is 5.69 Å². The highest BCUT2D eigenvalue weighted by atomic mass is 35.5. The van der Waals surface area contributed by atoms with E-state index in [0.717, 1.165) is 11.4 Å². The van der Waals surface area contributed by atoms with Crippen molar-refractivity contribution in [2.45, 2.75) is 25.3 Å². The molecule has 2 atom stereocenters. The van der Waals surface area contributed by atoms with Crippen LogP contribution in [0.1, 0.15) is 24.8 Å². The first-order chi connectivity index (χ1) is 19.4. The van der Waals surface area contributed by atoms with E-state index in [-0.39, 0.29) is 30.0 Å². The molecule has 8 nitrogen and oxygen atoms in total. The molecule has 208 valence electrons. The Morgan fingerprint density at radius 1 is 1.00 bits per heavy atom. The Morgan fingerprint density at radius 2 is 1.73 bits per heavy atom. The molecule has 1 aromatic heterocycles. The van der Waals surface area contributed by atoms with Gasteiger partial charge in [0.25, 0.3) is 0 Å². The Kier molecular flexibility index (Phi) is 7.89. The third kappa shape index (κ3) is 5.07. The standard InChI is InChI=1S/C31H30ClNO7/c1-18(34)39-17-24-22(13-14-33(24)19-9-11-20(36-2)12-10-19)29-27(37-3)16-28(38-4)30-25(35)15-26(40-31(29)30)21-7-5-6-8-23(21)32/h5-12,15-16,22,24H,13-14,17H2,1-4H3/t22-,24+/m0/s1. The number of esters is 1. The van der Waals surface area contributed by atoms with Crippen molar-refractivity contribution in [3.05, 3.63) is 81.5 Å². The number of carbonyl (C=O) groups excluding carboxylic acids is 1. The molecule has 0 N–H and O–H groups in total. The van der Waals surface area contributed by atoms with Crippen molar-refractivity contribution in [1.82, 2.24) is 0 Å². The van der Waals surface area contributed by atoms with Gasteiger partial charge in [0.2, 0.25) is 0 Å². The van der Waals surface area contributed by atoms with Crippen LogP contribution < -0.4 is 24.5 Å². The van der Waals surface area contributed by atoms with E-state index in [4.69, 9.17) is 35.0 Å². The van der Waals surface area contributed by atoms with Gasteiger partial charge in [-0.3, -0.25) is 9.59 Å². The van der Waals surface area contributed by atoms with Gasteiger partial charge in [-0.25, -0.2) is 0 Å². The van der Waals surface area contributed by atoms with Gasteiger partial charge in [0.05, 0.1) is 32.4 Å². The molecule has 0 aliphatic carbocycles. The van der Waals surface area contributed by atoms with E-state index in [1.54, 1.807) is 32.4 Å². The van der Waals surface area contributed by atoms with Gasteiger partial charge in [-0.15, -0.1) is 0 Å². The highest BCUT2D eigenvalue weighted by Gasteiger charge is 2.40. The summed E-state index contributed by atoms with van der Waals surface area (Å²) < 4.78 is 28.8. The lowest BCUT2D eigenvalue weighted by Gasteiger charge is -2.30.